The van der Waals surface area contributed by atoms with E-state index in [4.69, 9.17) is 9.47 Å². The van der Waals surface area contributed by atoms with Crippen LogP contribution in [-0.4, -0.2) is 54.2 Å². The monoisotopic (exact) mass is 477 g/mol. The molecule has 3 aromatic rings. The fraction of sp³-hybridized carbons (Fsp3) is 0.360. The molecule has 35 heavy (non-hydrogen) atoms. The Bertz CT molecular complexity index is 1340. The van der Waals surface area contributed by atoms with Crippen LogP contribution in [0, 0.1) is 0 Å². The van der Waals surface area contributed by atoms with Crippen LogP contribution in [-0.2, 0) is 16.1 Å². The fourth-order valence-corrected chi connectivity index (χ4v) is 4.53. The second-order valence-electron chi connectivity index (χ2n) is 8.69. The summed E-state index contributed by atoms with van der Waals surface area (Å²) in [5.41, 5.74) is 2.69. The molecule has 3 heterocycles. The van der Waals surface area contributed by atoms with Crippen LogP contribution in [0.3, 0.4) is 0 Å². The highest BCUT2D eigenvalue weighted by Crippen LogP contribution is 2.33. The van der Waals surface area contributed by atoms with Crippen molar-refractivity contribution in [2.24, 2.45) is 0 Å². The minimum atomic E-state index is -0.205. The van der Waals surface area contributed by atoms with Crippen LogP contribution in [0.5, 0.6) is 11.5 Å². The fourth-order valence-electron chi connectivity index (χ4n) is 4.53. The Hall–Kier alpha value is -3.92. The van der Waals surface area contributed by atoms with Gasteiger partial charge in [0.2, 0.25) is 5.91 Å². The zero-order valence-corrected chi connectivity index (χ0v) is 19.5. The number of nitrogens with zero attached hydrogens (tertiary/aromatic N) is 3. The maximum Gasteiger partial charge on any atom is 0.269 e. The zero-order chi connectivity index (χ0) is 24.4. The summed E-state index contributed by atoms with van der Waals surface area (Å²) in [6.07, 6.45) is 3.42. The lowest BCUT2D eigenvalue weighted by Crippen LogP contribution is -2.33. The molecule has 0 spiro atoms. The number of hydrogen-bond acceptors (Lipinski definition) is 7. The molecular formula is C25H27N5O5. The van der Waals surface area contributed by atoms with Gasteiger partial charge in [0.15, 0.2) is 6.61 Å². The maximum absolute atomic E-state index is 12.6. The second kappa shape index (κ2) is 9.75. The van der Waals surface area contributed by atoms with Crippen LogP contribution < -0.4 is 30.6 Å². The van der Waals surface area contributed by atoms with Gasteiger partial charge in [-0.05, 0) is 49.7 Å². The normalized spacial score (nSPS) is 17.3. The molecule has 1 fully saturated rings. The molecule has 2 N–H and O–H groups in total. The molecule has 0 saturated carbocycles. The number of ether oxygens (including phenoxy) is 2. The summed E-state index contributed by atoms with van der Waals surface area (Å²) in [5, 5.41) is 6.24. The number of hydrogen-bond donors (Lipinski definition) is 2. The average Bonchev–Trinajstić information content (AvgIpc) is 3.24. The van der Waals surface area contributed by atoms with Gasteiger partial charge in [0.25, 0.3) is 11.5 Å². The number of amides is 2. The van der Waals surface area contributed by atoms with Gasteiger partial charge in [-0.3, -0.25) is 14.4 Å². The summed E-state index contributed by atoms with van der Waals surface area (Å²) in [6.45, 7) is 1.87. The lowest BCUT2D eigenvalue weighted by molar-refractivity contribution is -0.118. The first kappa shape index (κ1) is 22.9. The van der Waals surface area contributed by atoms with Gasteiger partial charge >= 0.3 is 0 Å². The van der Waals surface area contributed by atoms with E-state index in [1.54, 1.807) is 28.7 Å². The van der Waals surface area contributed by atoms with E-state index in [1.165, 1.54) is 6.20 Å². The van der Waals surface area contributed by atoms with Crippen molar-refractivity contribution in [3.8, 4) is 11.5 Å². The Labute approximate surface area is 201 Å². The molecule has 182 valence electrons. The minimum absolute atomic E-state index is 0.00119. The third-order valence-electron chi connectivity index (χ3n) is 6.33. The van der Waals surface area contributed by atoms with E-state index in [9.17, 15) is 14.4 Å². The zero-order valence-electron chi connectivity index (χ0n) is 19.5. The Morgan fingerprint density at radius 2 is 2.06 bits per heavy atom. The van der Waals surface area contributed by atoms with Crippen LogP contribution >= 0.6 is 0 Å². The number of nitrogens with one attached hydrogen (secondary N) is 2. The summed E-state index contributed by atoms with van der Waals surface area (Å²) < 4.78 is 12.4. The molecule has 5 rings (SSSR count). The number of fused-ring (bicyclic) bond motifs is 2. The lowest BCUT2D eigenvalue weighted by atomic mass is 10.2. The number of methoxy groups -OCH3 is 1. The number of benzene rings is 2. The molecule has 2 aliphatic heterocycles. The Balaban J connectivity index is 1.14. The third-order valence-corrected chi connectivity index (χ3v) is 6.33. The van der Waals surface area contributed by atoms with Crippen LogP contribution in [0.15, 0.2) is 47.4 Å². The third kappa shape index (κ3) is 4.83. The van der Waals surface area contributed by atoms with E-state index in [2.05, 4.69) is 15.6 Å². The Morgan fingerprint density at radius 3 is 2.91 bits per heavy atom. The topological polar surface area (TPSA) is 115 Å². The molecule has 2 amide bonds. The standard InChI is InChI=1S/C25H27N5O5/c1-34-18-5-6-19-21(12-18)29(25(33)13-27-19)9-3-2-8-26-16-10-24(32)30(14-16)17-4-7-22-20(11-17)28-23(31)15-35-22/h4-7,11-13,16,26H,2-3,8-10,14-15H2,1H3,(H,28,31). The highest BCUT2D eigenvalue weighted by molar-refractivity contribution is 5.99. The first-order valence-electron chi connectivity index (χ1n) is 11.7. The molecule has 0 radical (unpaired) electrons. The average molecular weight is 478 g/mol. The smallest absolute Gasteiger partial charge is 0.269 e. The second-order valence-corrected chi connectivity index (χ2v) is 8.69. The molecule has 1 saturated heterocycles. The maximum atomic E-state index is 12.6. The van der Waals surface area contributed by atoms with E-state index in [0.717, 1.165) is 36.1 Å². The van der Waals surface area contributed by atoms with Gasteiger partial charge in [-0.2, -0.15) is 0 Å². The molecule has 1 unspecified atom stereocenters. The molecular weight excluding hydrogens is 450 g/mol. The van der Waals surface area contributed by atoms with Gasteiger partial charge in [0.1, 0.15) is 11.5 Å². The van der Waals surface area contributed by atoms with Crippen molar-refractivity contribution >= 4 is 34.2 Å². The highest BCUT2D eigenvalue weighted by atomic mass is 16.5. The summed E-state index contributed by atoms with van der Waals surface area (Å²) >= 11 is 0. The van der Waals surface area contributed by atoms with E-state index in [-0.39, 0.29) is 30.0 Å². The Kier molecular flexibility index (Phi) is 6.37. The summed E-state index contributed by atoms with van der Waals surface area (Å²) in [6, 6.07) is 10.9. The summed E-state index contributed by atoms with van der Waals surface area (Å²) in [7, 11) is 1.60. The molecule has 1 atom stereocenters. The Morgan fingerprint density at radius 1 is 1.17 bits per heavy atom. The van der Waals surface area contributed by atoms with Crippen molar-refractivity contribution in [1.29, 1.82) is 0 Å². The first-order valence-corrected chi connectivity index (χ1v) is 11.7. The molecule has 2 aromatic carbocycles. The predicted molar refractivity (Wildman–Crippen MR) is 131 cm³/mol. The minimum Gasteiger partial charge on any atom is -0.497 e. The first-order chi connectivity index (χ1) is 17.0. The number of carbonyl (C=O) groups excluding carboxylic acids is 2. The largest absolute Gasteiger partial charge is 0.497 e. The van der Waals surface area contributed by atoms with E-state index in [1.807, 2.05) is 24.3 Å². The van der Waals surface area contributed by atoms with Crippen molar-refractivity contribution in [2.45, 2.75) is 31.8 Å². The molecule has 2 aliphatic rings. The predicted octanol–water partition coefficient (Wildman–Crippen LogP) is 1.91. The van der Waals surface area contributed by atoms with Gasteiger partial charge in [-0.25, -0.2) is 4.98 Å². The summed E-state index contributed by atoms with van der Waals surface area (Å²) in [5.74, 6) is 1.12. The quantitative estimate of drug-likeness (QED) is 0.476. The molecule has 0 bridgehead atoms. The van der Waals surface area contributed by atoms with Crippen LogP contribution in [0.2, 0.25) is 0 Å². The van der Waals surface area contributed by atoms with E-state index < -0.39 is 0 Å². The van der Waals surface area contributed by atoms with Gasteiger partial charge in [0, 0.05) is 37.3 Å². The van der Waals surface area contributed by atoms with Gasteiger partial charge in [-0.15, -0.1) is 0 Å². The summed E-state index contributed by atoms with van der Waals surface area (Å²) in [4.78, 5) is 42.5. The highest BCUT2D eigenvalue weighted by Gasteiger charge is 2.31. The van der Waals surface area contributed by atoms with Crippen molar-refractivity contribution in [1.82, 2.24) is 14.9 Å². The lowest BCUT2D eigenvalue weighted by Gasteiger charge is -2.22. The van der Waals surface area contributed by atoms with Crippen molar-refractivity contribution < 1.29 is 19.1 Å². The van der Waals surface area contributed by atoms with Crippen molar-refractivity contribution in [3.05, 3.63) is 52.9 Å². The molecule has 10 nitrogen and oxygen atoms in total. The van der Waals surface area contributed by atoms with Crippen LogP contribution in [0.1, 0.15) is 19.3 Å². The van der Waals surface area contributed by atoms with Crippen molar-refractivity contribution in [2.75, 3.05) is 37.0 Å². The molecule has 0 aliphatic carbocycles. The number of anilines is 2. The molecule has 10 heteroatoms. The van der Waals surface area contributed by atoms with Crippen LogP contribution in [0.4, 0.5) is 11.4 Å². The molecule has 1 aromatic heterocycles. The van der Waals surface area contributed by atoms with Crippen molar-refractivity contribution in [3.63, 3.8) is 0 Å². The number of aryl methyl sites for hydroxylation is 1. The SMILES string of the molecule is COc1ccc2ncc(=O)n(CCCCNC3CC(=O)N(c4ccc5c(c4)NC(=O)CO5)C3)c2c1. The number of rotatable bonds is 8. The van der Waals surface area contributed by atoms with E-state index >= 15 is 0 Å². The number of aromatic nitrogens is 2. The van der Waals surface area contributed by atoms with Gasteiger partial charge < -0.3 is 29.6 Å². The van der Waals surface area contributed by atoms with Crippen LogP contribution in [0.25, 0.3) is 11.0 Å². The van der Waals surface area contributed by atoms with Gasteiger partial charge in [0.05, 0.1) is 30.0 Å². The van der Waals surface area contributed by atoms with Gasteiger partial charge in [-0.1, -0.05) is 0 Å². The van der Waals surface area contributed by atoms with E-state index in [0.29, 0.717) is 36.7 Å². The number of unbranched alkanes of at least 4 members (excludes halogenated alkanes) is 1. The number of carbonyl (C=O) groups is 2.